The van der Waals surface area contributed by atoms with Crippen LogP contribution in [0, 0.1) is 0 Å². The molecule has 1 saturated heterocycles. The fourth-order valence-electron chi connectivity index (χ4n) is 2.00. The maximum absolute atomic E-state index is 12.2. The molecule has 21 heavy (non-hydrogen) atoms. The Bertz CT molecular complexity index is 365. The summed E-state index contributed by atoms with van der Waals surface area (Å²) >= 11 is 0. The van der Waals surface area contributed by atoms with Gasteiger partial charge in [-0.05, 0) is 34.1 Å². The molecule has 0 bridgehead atoms. The molecule has 2 unspecified atom stereocenters. The van der Waals surface area contributed by atoms with Crippen LogP contribution in [0.5, 0.6) is 0 Å². The van der Waals surface area contributed by atoms with Gasteiger partial charge in [0.1, 0.15) is 5.60 Å². The molecule has 0 aromatic heterocycles. The lowest BCUT2D eigenvalue weighted by molar-refractivity contribution is -0.154. The van der Waals surface area contributed by atoms with Gasteiger partial charge in [-0.15, -0.1) is 0 Å². The van der Waals surface area contributed by atoms with Crippen molar-refractivity contribution in [1.29, 1.82) is 0 Å². The Hall–Kier alpha value is -1.34. The van der Waals surface area contributed by atoms with E-state index in [4.69, 9.17) is 19.3 Å². The molecule has 1 rings (SSSR count). The first-order valence-electron chi connectivity index (χ1n) is 7.17. The number of carboxylic acids is 1. The third-order valence-corrected chi connectivity index (χ3v) is 2.90. The zero-order chi connectivity index (χ0) is 16.0. The Kier molecular flexibility index (Phi) is 6.42. The predicted octanol–water partition coefficient (Wildman–Crippen LogP) is 1.50. The number of aliphatic carboxylic acids is 1. The molecule has 0 aromatic carbocycles. The number of ether oxygens (including phenoxy) is 3. The molecule has 7 heteroatoms. The molecule has 0 radical (unpaired) electrons. The lowest BCUT2D eigenvalue weighted by atomic mass is 10.2. The zero-order valence-corrected chi connectivity index (χ0v) is 13.1. The van der Waals surface area contributed by atoms with Gasteiger partial charge in [-0.1, -0.05) is 0 Å². The molecule has 2 atom stereocenters. The van der Waals surface area contributed by atoms with E-state index in [-0.39, 0.29) is 12.6 Å². The highest BCUT2D eigenvalue weighted by Gasteiger charge is 2.32. The van der Waals surface area contributed by atoms with Gasteiger partial charge >= 0.3 is 12.1 Å². The van der Waals surface area contributed by atoms with Gasteiger partial charge in [0, 0.05) is 6.61 Å². The van der Waals surface area contributed by atoms with Crippen LogP contribution in [-0.2, 0) is 19.0 Å². The quantitative estimate of drug-likeness (QED) is 0.850. The van der Waals surface area contributed by atoms with Crippen molar-refractivity contribution in [2.45, 2.75) is 51.9 Å². The third-order valence-electron chi connectivity index (χ3n) is 2.90. The highest BCUT2D eigenvalue weighted by molar-refractivity contribution is 5.74. The molecule has 1 heterocycles. The number of carbonyl (C=O) groups is 2. The van der Waals surface area contributed by atoms with Gasteiger partial charge < -0.3 is 24.2 Å². The molecule has 122 valence electrons. The number of hydrogen-bond donors (Lipinski definition) is 1. The second-order valence-electron chi connectivity index (χ2n) is 5.95. The minimum Gasteiger partial charge on any atom is -0.479 e. The monoisotopic (exact) mass is 303 g/mol. The molecule has 0 spiro atoms. The maximum atomic E-state index is 12.2. The van der Waals surface area contributed by atoms with Crippen molar-refractivity contribution in [1.82, 2.24) is 4.90 Å². The standard InChI is InChI=1S/C14H25NO6/c1-5-19-10-6-7-20-11(12(16)17)9-15(8-10)13(18)21-14(2,3)4/h10-11H,5-9H2,1-4H3,(H,16,17). The van der Waals surface area contributed by atoms with Crippen LogP contribution in [0.15, 0.2) is 0 Å². The summed E-state index contributed by atoms with van der Waals surface area (Å²) in [6.45, 7) is 8.24. The number of rotatable bonds is 3. The molecule has 1 aliphatic heterocycles. The highest BCUT2D eigenvalue weighted by Crippen LogP contribution is 2.15. The van der Waals surface area contributed by atoms with E-state index in [0.717, 1.165) is 0 Å². The van der Waals surface area contributed by atoms with Crippen LogP contribution in [0.25, 0.3) is 0 Å². The maximum Gasteiger partial charge on any atom is 0.410 e. The molecule has 1 N–H and O–H groups in total. The van der Waals surface area contributed by atoms with Crippen molar-refractivity contribution in [2.24, 2.45) is 0 Å². The number of hydrogen-bond acceptors (Lipinski definition) is 5. The van der Waals surface area contributed by atoms with Crippen LogP contribution < -0.4 is 0 Å². The number of nitrogens with zero attached hydrogens (tertiary/aromatic N) is 1. The normalized spacial score (nSPS) is 24.1. The Morgan fingerprint density at radius 2 is 2.00 bits per heavy atom. The van der Waals surface area contributed by atoms with Crippen molar-refractivity contribution in [3.05, 3.63) is 0 Å². The Morgan fingerprint density at radius 3 is 2.52 bits per heavy atom. The van der Waals surface area contributed by atoms with Crippen LogP contribution in [0.4, 0.5) is 4.79 Å². The van der Waals surface area contributed by atoms with E-state index in [2.05, 4.69) is 0 Å². The Balaban J connectivity index is 2.79. The van der Waals surface area contributed by atoms with E-state index in [1.165, 1.54) is 4.90 Å². The summed E-state index contributed by atoms with van der Waals surface area (Å²) in [5, 5.41) is 9.12. The van der Waals surface area contributed by atoms with Crippen molar-refractivity contribution in [3.8, 4) is 0 Å². The van der Waals surface area contributed by atoms with Crippen molar-refractivity contribution in [2.75, 3.05) is 26.3 Å². The topological polar surface area (TPSA) is 85.3 Å². The van der Waals surface area contributed by atoms with Gasteiger partial charge in [0.15, 0.2) is 6.10 Å². The van der Waals surface area contributed by atoms with Gasteiger partial charge in [0.05, 0.1) is 25.8 Å². The summed E-state index contributed by atoms with van der Waals surface area (Å²) in [6.07, 6.45) is -1.24. The predicted molar refractivity (Wildman–Crippen MR) is 75.2 cm³/mol. The number of amides is 1. The third kappa shape index (κ3) is 6.31. The van der Waals surface area contributed by atoms with E-state index < -0.39 is 23.8 Å². The van der Waals surface area contributed by atoms with Crippen LogP contribution in [0.2, 0.25) is 0 Å². The molecular formula is C14H25NO6. The molecule has 1 aliphatic rings. The first-order chi connectivity index (χ1) is 9.73. The molecule has 1 amide bonds. The summed E-state index contributed by atoms with van der Waals surface area (Å²) in [4.78, 5) is 24.7. The number of carboxylic acid groups (broad SMARTS) is 1. The van der Waals surface area contributed by atoms with Gasteiger partial charge in [0.2, 0.25) is 0 Å². The zero-order valence-electron chi connectivity index (χ0n) is 13.1. The summed E-state index contributed by atoms with van der Waals surface area (Å²) < 4.78 is 16.2. The minimum absolute atomic E-state index is 0.0478. The van der Waals surface area contributed by atoms with Gasteiger partial charge in [-0.25, -0.2) is 9.59 Å². The molecule has 0 aliphatic carbocycles. The van der Waals surface area contributed by atoms with E-state index in [9.17, 15) is 9.59 Å². The lowest BCUT2D eigenvalue weighted by Crippen LogP contribution is -2.49. The molecule has 1 fully saturated rings. The first kappa shape index (κ1) is 17.7. The van der Waals surface area contributed by atoms with Gasteiger partial charge in [-0.2, -0.15) is 0 Å². The van der Waals surface area contributed by atoms with Crippen molar-refractivity contribution >= 4 is 12.1 Å². The molecule has 0 saturated carbocycles. The molecular weight excluding hydrogens is 278 g/mol. The fourth-order valence-corrected chi connectivity index (χ4v) is 2.00. The Morgan fingerprint density at radius 1 is 1.33 bits per heavy atom. The summed E-state index contributed by atoms with van der Waals surface area (Å²) in [7, 11) is 0. The average Bonchev–Trinajstić information content (AvgIpc) is 2.29. The molecule has 7 nitrogen and oxygen atoms in total. The highest BCUT2D eigenvalue weighted by atomic mass is 16.6. The van der Waals surface area contributed by atoms with Crippen LogP contribution >= 0.6 is 0 Å². The first-order valence-corrected chi connectivity index (χ1v) is 7.17. The van der Waals surface area contributed by atoms with Gasteiger partial charge in [0.25, 0.3) is 0 Å². The van der Waals surface area contributed by atoms with Crippen LogP contribution in [0.3, 0.4) is 0 Å². The second-order valence-corrected chi connectivity index (χ2v) is 5.95. The van der Waals surface area contributed by atoms with Crippen molar-refractivity contribution < 1.29 is 28.9 Å². The van der Waals surface area contributed by atoms with E-state index in [0.29, 0.717) is 26.2 Å². The second kappa shape index (κ2) is 7.61. The van der Waals surface area contributed by atoms with Crippen LogP contribution in [0.1, 0.15) is 34.1 Å². The van der Waals surface area contributed by atoms with E-state index in [1.807, 2.05) is 6.92 Å². The van der Waals surface area contributed by atoms with Crippen molar-refractivity contribution in [3.63, 3.8) is 0 Å². The molecule has 0 aromatic rings. The van der Waals surface area contributed by atoms with E-state index >= 15 is 0 Å². The fraction of sp³-hybridized carbons (Fsp3) is 0.857. The lowest BCUT2D eigenvalue weighted by Gasteiger charge is -2.33. The smallest absolute Gasteiger partial charge is 0.410 e. The van der Waals surface area contributed by atoms with E-state index in [1.54, 1.807) is 20.8 Å². The summed E-state index contributed by atoms with van der Waals surface area (Å²) in [5.74, 6) is -1.08. The van der Waals surface area contributed by atoms with Gasteiger partial charge in [-0.3, -0.25) is 0 Å². The SMILES string of the molecule is CCOC1CCOC(C(=O)O)CN(C(=O)OC(C)(C)C)C1. The summed E-state index contributed by atoms with van der Waals surface area (Å²) in [5.41, 5.74) is -0.639. The average molecular weight is 303 g/mol. The number of carbonyl (C=O) groups excluding carboxylic acids is 1. The van der Waals surface area contributed by atoms with Crippen LogP contribution in [-0.4, -0.2) is 66.2 Å². The Labute approximate surface area is 125 Å². The minimum atomic E-state index is -1.08. The largest absolute Gasteiger partial charge is 0.479 e. The summed E-state index contributed by atoms with van der Waals surface area (Å²) in [6, 6.07) is 0.